The van der Waals surface area contributed by atoms with Gasteiger partial charge >= 0.3 is 44.1 Å². The Labute approximate surface area is 589 Å². The predicted molar refractivity (Wildman–Crippen MR) is 364 cm³/mol. The van der Waals surface area contributed by atoms with Crippen molar-refractivity contribution >= 4 is 114 Å². The number of ether oxygens (including phenoxy) is 9. The SMILES string of the molecule is CCCCCCCCCCC[C@H](CC(=O)O[C@@H]1[C@@H](NC(=O)OCC(Cl)(Cl)Cl)[C@@H](OCC(CCC(=O)OCc2ccccc2)NC(=O)OC(C)(C)C)O[C@H](COC(=O)OC(C)(C)C(Cl)(Cl)Cl)[C@H]1OP(=O)(Oc1ccccc1)Oc1ccccc1)OC(=O)CCCCCCCCC. The number of hydrogen-bond donors (Lipinski definition) is 2. The van der Waals surface area contributed by atoms with E-state index in [1.54, 1.807) is 81.4 Å². The number of phosphoric acid groups is 1. The van der Waals surface area contributed by atoms with E-state index in [1.807, 2.05) is 6.07 Å². The largest absolute Gasteiger partial charge is 0.588 e. The normalized spacial score (nSPS) is 17.5. The second-order valence-corrected chi connectivity index (χ2v) is 30.8. The maximum atomic E-state index is 15.7. The summed E-state index contributed by atoms with van der Waals surface area (Å²) in [7, 11) is -5.18. The number of amides is 2. The van der Waals surface area contributed by atoms with Crippen LogP contribution < -0.4 is 19.7 Å². The van der Waals surface area contributed by atoms with Gasteiger partial charge in [0.25, 0.3) is 0 Å². The van der Waals surface area contributed by atoms with Crippen molar-refractivity contribution in [1.29, 1.82) is 0 Å². The van der Waals surface area contributed by atoms with E-state index in [9.17, 15) is 24.0 Å². The van der Waals surface area contributed by atoms with Crippen LogP contribution in [0.2, 0.25) is 0 Å². The number of rotatable bonds is 42. The third kappa shape index (κ3) is 35.1. The second kappa shape index (κ2) is 43.0. The Balaban J connectivity index is 1.91. The molecule has 1 aliphatic rings. The molecule has 0 aliphatic carbocycles. The Morgan fingerprint density at radius 2 is 1.13 bits per heavy atom. The molecule has 0 spiro atoms. The van der Waals surface area contributed by atoms with Crippen molar-refractivity contribution in [1.82, 2.24) is 10.6 Å². The Hall–Kier alpha value is -4.67. The summed E-state index contributed by atoms with van der Waals surface area (Å²) in [5.74, 6) is -2.32. The average Bonchev–Trinajstić information content (AvgIpc) is 0.773. The van der Waals surface area contributed by atoms with Crippen molar-refractivity contribution in [3.8, 4) is 11.5 Å². The molecule has 7 atom stereocenters. The van der Waals surface area contributed by atoms with Crippen LogP contribution in [-0.4, -0.2) is 118 Å². The monoisotopic (exact) mass is 1470 g/mol. The molecule has 3 aromatic rings. The molecule has 0 saturated carbocycles. The number of para-hydroxylation sites is 2. The molecule has 1 saturated heterocycles. The molecule has 4 rings (SSSR count). The van der Waals surface area contributed by atoms with E-state index in [1.165, 1.54) is 44.5 Å². The van der Waals surface area contributed by atoms with Gasteiger partial charge < -0.3 is 62.3 Å². The highest BCUT2D eigenvalue weighted by molar-refractivity contribution is 7.49. The topological polar surface area (TPSA) is 254 Å². The molecule has 2 N–H and O–H groups in total. The van der Waals surface area contributed by atoms with Gasteiger partial charge in [0.1, 0.15) is 61.3 Å². The number of phosphoric ester groups is 1. The van der Waals surface area contributed by atoms with Crippen LogP contribution in [0.5, 0.6) is 11.5 Å². The Bertz CT molecular complexity index is 2730. The second-order valence-electron chi connectivity index (χ2n) is 24.5. The fourth-order valence-electron chi connectivity index (χ4n) is 9.53. The number of carbonyl (C=O) groups is 6. The van der Waals surface area contributed by atoms with Gasteiger partial charge in [-0.2, -0.15) is 0 Å². The number of esters is 3. The first kappa shape index (κ1) is 82.8. The smallest absolute Gasteiger partial charge is 0.462 e. The molecule has 0 aromatic heterocycles. The highest BCUT2D eigenvalue weighted by atomic mass is 35.6. The molecule has 1 aliphatic heterocycles. The van der Waals surface area contributed by atoms with Crippen LogP contribution in [0.15, 0.2) is 91.0 Å². The maximum absolute atomic E-state index is 15.7. The van der Waals surface area contributed by atoms with Gasteiger partial charge in [-0.05, 0) is 90.1 Å². The molecule has 534 valence electrons. The highest BCUT2D eigenvalue weighted by Crippen LogP contribution is 2.53. The summed E-state index contributed by atoms with van der Waals surface area (Å²) in [6.07, 6.45) is 2.29. The molecular weight excluding hydrogens is 1380 g/mol. The number of carbonyl (C=O) groups excluding carboxylic acids is 6. The molecule has 0 bridgehead atoms. The number of benzene rings is 3. The lowest BCUT2D eigenvalue weighted by molar-refractivity contribution is -0.272. The number of hydrogen-bond acceptors (Lipinski definition) is 19. The number of alkyl carbamates (subject to hydrolysis) is 2. The Kier molecular flexibility index (Phi) is 37.4. The molecule has 28 heteroatoms. The summed E-state index contributed by atoms with van der Waals surface area (Å²) in [6, 6.07) is 21.4. The lowest BCUT2D eigenvalue weighted by Crippen LogP contribution is -2.67. The van der Waals surface area contributed by atoms with Crippen LogP contribution >= 0.6 is 77.4 Å². The van der Waals surface area contributed by atoms with E-state index >= 15 is 9.36 Å². The zero-order valence-electron chi connectivity index (χ0n) is 55.4. The Morgan fingerprint density at radius 1 is 0.589 bits per heavy atom. The first-order valence-electron chi connectivity index (χ1n) is 32.5. The van der Waals surface area contributed by atoms with E-state index in [-0.39, 0.29) is 43.8 Å². The van der Waals surface area contributed by atoms with Crippen molar-refractivity contribution in [3.05, 3.63) is 96.6 Å². The molecule has 0 radical (unpaired) electrons. The molecule has 1 fully saturated rings. The number of halogens is 6. The lowest BCUT2D eigenvalue weighted by atomic mass is 9.96. The predicted octanol–water partition coefficient (Wildman–Crippen LogP) is 17.8. The summed E-state index contributed by atoms with van der Waals surface area (Å²) >= 11 is 36.8. The summed E-state index contributed by atoms with van der Waals surface area (Å²) < 4.78 is 83.2. The molecule has 3 aromatic carbocycles. The lowest BCUT2D eigenvalue weighted by Gasteiger charge is -2.45. The molecule has 21 nitrogen and oxygen atoms in total. The van der Waals surface area contributed by atoms with Crippen LogP contribution in [0, 0.1) is 0 Å². The van der Waals surface area contributed by atoms with Crippen molar-refractivity contribution in [2.24, 2.45) is 0 Å². The minimum atomic E-state index is -5.18. The number of nitrogens with one attached hydrogen (secondary N) is 2. The average molecular weight is 1480 g/mol. The van der Waals surface area contributed by atoms with E-state index in [4.69, 9.17) is 126 Å². The van der Waals surface area contributed by atoms with Crippen molar-refractivity contribution in [2.45, 2.75) is 251 Å². The summed E-state index contributed by atoms with van der Waals surface area (Å²) in [5, 5.41) is 5.27. The minimum Gasteiger partial charge on any atom is -0.462 e. The van der Waals surface area contributed by atoms with E-state index in [0.29, 0.717) is 12.8 Å². The molecule has 1 heterocycles. The van der Waals surface area contributed by atoms with Crippen molar-refractivity contribution in [3.63, 3.8) is 0 Å². The van der Waals surface area contributed by atoms with Crippen LogP contribution in [0.3, 0.4) is 0 Å². The minimum absolute atomic E-state index is 0.0429. The van der Waals surface area contributed by atoms with Crippen molar-refractivity contribution in [2.75, 3.05) is 19.8 Å². The van der Waals surface area contributed by atoms with Gasteiger partial charge in [-0.25, -0.2) is 18.9 Å². The first-order valence-corrected chi connectivity index (χ1v) is 36.2. The molecule has 95 heavy (non-hydrogen) atoms. The maximum Gasteiger partial charge on any atom is 0.588 e. The standard InChI is InChI=1S/C67H95Cl6N2O19P/c1-8-10-12-14-16-17-19-20-27-39-52(87-55(77)40-32-21-18-15-13-11-9-2)43-56(78)89-59-57(75-61(79)86-47-66(68,69)70)60(84-45-49(74-62(80)90-64(3,4)5)41-42-54(76)83-44-48-33-25-22-26-34-48)88-53(46-85-63(81)91-65(6,7)67(71,72)73)58(59)94-95(82,92-50-35-28-23-29-36-50)93-51-37-30-24-31-38-51/h22-26,28-31,33-38,49,52-53,57-60H,8-21,27,32,39-47H2,1-7H3,(H,74,80)(H,75,79)/t49?,52-,53-,57-,58-,59-,60+/m1/s1. The fraction of sp³-hybridized carbons (Fsp3) is 0.642. The van der Waals surface area contributed by atoms with E-state index in [2.05, 4.69) is 24.5 Å². The Morgan fingerprint density at radius 3 is 1.66 bits per heavy atom. The summed E-state index contributed by atoms with van der Waals surface area (Å²) in [5.41, 5.74) is -2.12. The van der Waals surface area contributed by atoms with Crippen LogP contribution in [0.25, 0.3) is 0 Å². The number of unbranched alkanes of at least 4 members (excludes halogenated alkanes) is 14. The highest BCUT2D eigenvalue weighted by Gasteiger charge is 2.55. The van der Waals surface area contributed by atoms with Gasteiger partial charge in [0, 0.05) is 12.8 Å². The van der Waals surface area contributed by atoms with Gasteiger partial charge in [-0.15, -0.1) is 0 Å². The van der Waals surface area contributed by atoms with Gasteiger partial charge in [0.2, 0.25) is 7.59 Å². The quantitative estimate of drug-likeness (QED) is 0.0176. The van der Waals surface area contributed by atoms with Gasteiger partial charge in [-0.3, -0.25) is 18.9 Å². The number of alkyl halides is 6. The van der Waals surface area contributed by atoms with E-state index in [0.717, 1.165) is 89.0 Å². The zero-order chi connectivity index (χ0) is 69.9. The third-order valence-electron chi connectivity index (χ3n) is 14.6. The van der Waals surface area contributed by atoms with Crippen LogP contribution in [-0.2, 0) is 72.7 Å². The summed E-state index contributed by atoms with van der Waals surface area (Å²) in [6.45, 7) is 9.36. The van der Waals surface area contributed by atoms with Gasteiger partial charge in [-0.1, -0.05) is 240 Å². The van der Waals surface area contributed by atoms with Gasteiger partial charge in [0.05, 0.1) is 19.1 Å². The van der Waals surface area contributed by atoms with E-state index < -0.39 is 132 Å². The molecule has 2 amide bonds. The molecular formula is C67H95Cl6N2O19P. The van der Waals surface area contributed by atoms with Crippen LogP contribution in [0.4, 0.5) is 14.4 Å². The van der Waals surface area contributed by atoms with Crippen LogP contribution in [0.1, 0.15) is 189 Å². The van der Waals surface area contributed by atoms with Gasteiger partial charge in [0.15, 0.2) is 18.0 Å². The summed E-state index contributed by atoms with van der Waals surface area (Å²) in [4.78, 5) is 83.7. The fourth-order valence-corrected chi connectivity index (χ4v) is 11.2. The van der Waals surface area contributed by atoms with Crippen molar-refractivity contribution < 1.29 is 89.5 Å². The molecule has 1 unspecified atom stereocenters. The first-order chi connectivity index (χ1) is 45.0. The third-order valence-corrected chi connectivity index (χ3v) is 17.6. The zero-order valence-corrected chi connectivity index (χ0v) is 60.8.